The summed E-state index contributed by atoms with van der Waals surface area (Å²) in [6, 6.07) is 7.72. The van der Waals surface area contributed by atoms with Crippen molar-refractivity contribution < 1.29 is 4.39 Å². The van der Waals surface area contributed by atoms with Crippen molar-refractivity contribution in [3.63, 3.8) is 0 Å². The van der Waals surface area contributed by atoms with Crippen LogP contribution in [0, 0.1) is 17.7 Å². The summed E-state index contributed by atoms with van der Waals surface area (Å²) in [4.78, 5) is 0. The maximum atomic E-state index is 13.4. The number of halogens is 1. The summed E-state index contributed by atoms with van der Waals surface area (Å²) in [5.41, 5.74) is 1.18. The van der Waals surface area contributed by atoms with E-state index in [9.17, 15) is 4.39 Å². The minimum Gasteiger partial charge on any atom is -0.314 e. The SMILES string of the molecule is CC1CCC(CNC(C)C)C(c2cccc(F)c2)C1. The average Bonchev–Trinajstić information content (AvgIpc) is 2.37. The first-order chi connectivity index (χ1) is 9.06. The van der Waals surface area contributed by atoms with Gasteiger partial charge in [-0.15, -0.1) is 0 Å². The molecule has 1 aromatic carbocycles. The second-order valence-electron chi connectivity index (χ2n) is 6.40. The van der Waals surface area contributed by atoms with E-state index >= 15 is 0 Å². The van der Waals surface area contributed by atoms with Gasteiger partial charge >= 0.3 is 0 Å². The van der Waals surface area contributed by atoms with Crippen molar-refractivity contribution >= 4 is 0 Å². The summed E-state index contributed by atoms with van der Waals surface area (Å²) in [5, 5.41) is 3.55. The molecule has 1 fully saturated rings. The number of hydrogen-bond donors (Lipinski definition) is 1. The summed E-state index contributed by atoms with van der Waals surface area (Å²) in [6.45, 7) is 7.73. The van der Waals surface area contributed by atoms with E-state index in [1.54, 1.807) is 6.07 Å². The molecule has 19 heavy (non-hydrogen) atoms. The van der Waals surface area contributed by atoms with Crippen molar-refractivity contribution in [2.45, 2.75) is 52.0 Å². The lowest BCUT2D eigenvalue weighted by atomic mass is 9.71. The molecule has 0 aromatic heterocycles. The summed E-state index contributed by atoms with van der Waals surface area (Å²) in [5.74, 6) is 1.79. The first-order valence-electron chi connectivity index (χ1n) is 7.55. The molecule has 1 nitrogen and oxygen atoms in total. The molecule has 1 aliphatic carbocycles. The van der Waals surface area contributed by atoms with Crippen LogP contribution in [0.5, 0.6) is 0 Å². The third-order valence-electron chi connectivity index (χ3n) is 4.32. The van der Waals surface area contributed by atoms with E-state index in [0.717, 1.165) is 12.5 Å². The number of nitrogens with one attached hydrogen (secondary N) is 1. The molecule has 0 spiro atoms. The molecule has 3 unspecified atom stereocenters. The summed E-state index contributed by atoms with van der Waals surface area (Å²) >= 11 is 0. The molecular weight excluding hydrogens is 237 g/mol. The van der Waals surface area contributed by atoms with Gasteiger partial charge in [-0.2, -0.15) is 0 Å². The molecule has 2 heteroatoms. The number of benzene rings is 1. The molecule has 1 saturated carbocycles. The smallest absolute Gasteiger partial charge is 0.123 e. The molecule has 0 radical (unpaired) electrons. The molecule has 1 N–H and O–H groups in total. The van der Waals surface area contributed by atoms with Crippen LogP contribution in [0.2, 0.25) is 0 Å². The van der Waals surface area contributed by atoms with Crippen LogP contribution >= 0.6 is 0 Å². The Bertz CT molecular complexity index is 402. The largest absolute Gasteiger partial charge is 0.314 e. The highest BCUT2D eigenvalue weighted by molar-refractivity contribution is 5.22. The van der Waals surface area contributed by atoms with Crippen LogP contribution in [0.25, 0.3) is 0 Å². The third-order valence-corrected chi connectivity index (χ3v) is 4.32. The van der Waals surface area contributed by atoms with E-state index < -0.39 is 0 Å². The van der Waals surface area contributed by atoms with E-state index in [0.29, 0.717) is 17.9 Å². The van der Waals surface area contributed by atoms with Gasteiger partial charge in [0.15, 0.2) is 0 Å². The molecular formula is C17H26FN. The molecule has 0 heterocycles. The molecule has 2 rings (SSSR count). The predicted molar refractivity (Wildman–Crippen MR) is 78.8 cm³/mol. The Morgan fingerprint density at radius 2 is 2.11 bits per heavy atom. The fraction of sp³-hybridized carbons (Fsp3) is 0.647. The van der Waals surface area contributed by atoms with Crippen molar-refractivity contribution in [3.8, 4) is 0 Å². The summed E-state index contributed by atoms with van der Waals surface area (Å²) in [6.07, 6.45) is 3.74. The Labute approximate surface area is 116 Å². The average molecular weight is 263 g/mol. The number of rotatable bonds is 4. The third kappa shape index (κ3) is 4.04. The van der Waals surface area contributed by atoms with Gasteiger partial charge in [-0.05, 0) is 54.8 Å². The molecule has 106 valence electrons. The van der Waals surface area contributed by atoms with Crippen LogP contribution < -0.4 is 5.32 Å². The molecule has 0 saturated heterocycles. The lowest BCUT2D eigenvalue weighted by Gasteiger charge is -2.36. The van der Waals surface area contributed by atoms with Gasteiger partial charge in [0.25, 0.3) is 0 Å². The first-order valence-corrected chi connectivity index (χ1v) is 7.55. The van der Waals surface area contributed by atoms with Gasteiger partial charge < -0.3 is 5.32 Å². The highest BCUT2D eigenvalue weighted by atomic mass is 19.1. The monoisotopic (exact) mass is 263 g/mol. The molecule has 0 bridgehead atoms. The predicted octanol–water partition coefficient (Wildman–Crippen LogP) is 4.34. The van der Waals surface area contributed by atoms with Gasteiger partial charge in [-0.1, -0.05) is 39.3 Å². The first kappa shape index (κ1) is 14.5. The maximum Gasteiger partial charge on any atom is 0.123 e. The second kappa shape index (κ2) is 6.51. The maximum absolute atomic E-state index is 13.4. The lowest BCUT2D eigenvalue weighted by molar-refractivity contribution is 0.238. The molecule has 3 atom stereocenters. The van der Waals surface area contributed by atoms with Crippen molar-refractivity contribution in [1.82, 2.24) is 5.32 Å². The van der Waals surface area contributed by atoms with E-state index in [4.69, 9.17) is 0 Å². The van der Waals surface area contributed by atoms with Crippen LogP contribution in [0.3, 0.4) is 0 Å². The fourth-order valence-corrected chi connectivity index (χ4v) is 3.22. The Balaban J connectivity index is 2.12. The summed E-state index contributed by atoms with van der Waals surface area (Å²) in [7, 11) is 0. The quantitative estimate of drug-likeness (QED) is 0.852. The topological polar surface area (TPSA) is 12.0 Å². The highest BCUT2D eigenvalue weighted by Crippen LogP contribution is 2.40. The molecule has 0 amide bonds. The zero-order chi connectivity index (χ0) is 13.8. The van der Waals surface area contributed by atoms with Crippen LogP contribution in [0.1, 0.15) is 51.5 Å². The van der Waals surface area contributed by atoms with Gasteiger partial charge in [0.05, 0.1) is 0 Å². The Morgan fingerprint density at radius 1 is 1.32 bits per heavy atom. The standard InChI is InChI=1S/C17H26FN/c1-12(2)19-11-15-8-7-13(3)9-17(15)14-5-4-6-16(18)10-14/h4-6,10,12-13,15,17,19H,7-9,11H2,1-3H3. The van der Waals surface area contributed by atoms with Gasteiger partial charge in [0, 0.05) is 6.04 Å². The zero-order valence-corrected chi connectivity index (χ0v) is 12.3. The highest BCUT2D eigenvalue weighted by Gasteiger charge is 2.29. The Morgan fingerprint density at radius 3 is 2.79 bits per heavy atom. The van der Waals surface area contributed by atoms with E-state index in [-0.39, 0.29) is 5.82 Å². The van der Waals surface area contributed by atoms with Gasteiger partial charge in [-0.25, -0.2) is 4.39 Å². The van der Waals surface area contributed by atoms with Gasteiger partial charge in [0.2, 0.25) is 0 Å². The van der Waals surface area contributed by atoms with Crippen molar-refractivity contribution in [2.24, 2.45) is 11.8 Å². The van der Waals surface area contributed by atoms with Crippen molar-refractivity contribution in [3.05, 3.63) is 35.6 Å². The van der Waals surface area contributed by atoms with Crippen LogP contribution in [-0.2, 0) is 0 Å². The summed E-state index contributed by atoms with van der Waals surface area (Å²) < 4.78 is 13.4. The molecule has 1 aliphatic rings. The lowest BCUT2D eigenvalue weighted by Crippen LogP contribution is -2.34. The Hall–Kier alpha value is -0.890. The molecule has 0 aliphatic heterocycles. The minimum absolute atomic E-state index is 0.105. The Kier molecular flexibility index (Phi) is 4.98. The van der Waals surface area contributed by atoms with E-state index in [2.05, 4.69) is 32.2 Å². The normalized spacial score (nSPS) is 27.7. The molecule has 1 aromatic rings. The van der Waals surface area contributed by atoms with E-state index in [1.165, 1.54) is 30.9 Å². The van der Waals surface area contributed by atoms with Gasteiger partial charge in [-0.3, -0.25) is 0 Å². The number of hydrogen-bond acceptors (Lipinski definition) is 1. The van der Waals surface area contributed by atoms with Crippen molar-refractivity contribution in [1.29, 1.82) is 0 Å². The van der Waals surface area contributed by atoms with Crippen LogP contribution in [0.4, 0.5) is 4.39 Å². The fourth-order valence-electron chi connectivity index (χ4n) is 3.22. The second-order valence-corrected chi connectivity index (χ2v) is 6.40. The van der Waals surface area contributed by atoms with Crippen LogP contribution in [0.15, 0.2) is 24.3 Å². The van der Waals surface area contributed by atoms with Gasteiger partial charge in [0.1, 0.15) is 5.82 Å². The zero-order valence-electron chi connectivity index (χ0n) is 12.3. The van der Waals surface area contributed by atoms with Crippen molar-refractivity contribution in [2.75, 3.05) is 6.54 Å². The minimum atomic E-state index is -0.105. The van der Waals surface area contributed by atoms with Crippen LogP contribution in [-0.4, -0.2) is 12.6 Å². The van der Waals surface area contributed by atoms with E-state index in [1.807, 2.05) is 6.07 Å².